The summed E-state index contributed by atoms with van der Waals surface area (Å²) in [5, 5.41) is 2.80. The molecule has 1 fully saturated rings. The van der Waals surface area contributed by atoms with Gasteiger partial charge in [0.25, 0.3) is 0 Å². The van der Waals surface area contributed by atoms with E-state index in [1.54, 1.807) is 18.3 Å². The highest BCUT2D eigenvalue weighted by Crippen LogP contribution is 2.18. The van der Waals surface area contributed by atoms with Gasteiger partial charge < -0.3 is 15.0 Å². The summed E-state index contributed by atoms with van der Waals surface area (Å²) < 4.78 is 5.90. The van der Waals surface area contributed by atoms with E-state index in [0.717, 1.165) is 31.5 Å². The fourth-order valence-corrected chi connectivity index (χ4v) is 2.72. The number of aromatic nitrogens is 1. The van der Waals surface area contributed by atoms with Crippen LogP contribution < -0.4 is 10.1 Å². The molecule has 1 amide bonds. The van der Waals surface area contributed by atoms with Crippen molar-refractivity contribution in [3.63, 3.8) is 0 Å². The van der Waals surface area contributed by atoms with Gasteiger partial charge >= 0.3 is 0 Å². The Morgan fingerprint density at radius 2 is 1.96 bits per heavy atom. The first-order valence-electron chi connectivity index (χ1n) is 8.54. The van der Waals surface area contributed by atoms with Crippen LogP contribution in [0.2, 0.25) is 0 Å². The van der Waals surface area contributed by atoms with Crippen molar-refractivity contribution in [2.24, 2.45) is 0 Å². The summed E-state index contributed by atoms with van der Waals surface area (Å²) in [7, 11) is 2.12. The fraction of sp³-hybridized carbons (Fsp3) is 0.300. The number of likely N-dealkylation sites (tertiary alicyclic amines) is 1. The third-order valence-corrected chi connectivity index (χ3v) is 4.18. The van der Waals surface area contributed by atoms with Crippen LogP contribution in [0.5, 0.6) is 5.88 Å². The third kappa shape index (κ3) is 5.43. The van der Waals surface area contributed by atoms with E-state index in [1.807, 2.05) is 36.4 Å². The molecule has 0 unspecified atom stereocenters. The first kappa shape index (κ1) is 17.2. The minimum absolute atomic E-state index is 0.186. The lowest BCUT2D eigenvalue weighted by Crippen LogP contribution is -2.35. The molecule has 0 atom stereocenters. The average Bonchev–Trinajstić information content (AvgIpc) is 2.64. The van der Waals surface area contributed by atoms with Crippen molar-refractivity contribution in [1.82, 2.24) is 9.88 Å². The van der Waals surface area contributed by atoms with Crippen molar-refractivity contribution in [2.75, 3.05) is 25.5 Å². The summed E-state index contributed by atoms with van der Waals surface area (Å²) in [6, 6.07) is 13.3. The van der Waals surface area contributed by atoms with Crippen molar-refractivity contribution in [2.45, 2.75) is 18.9 Å². The van der Waals surface area contributed by atoms with Crippen LogP contribution in [-0.4, -0.2) is 42.0 Å². The summed E-state index contributed by atoms with van der Waals surface area (Å²) in [6.45, 7) is 2.10. The Morgan fingerprint density at radius 1 is 1.20 bits per heavy atom. The number of ether oxygens (including phenoxy) is 1. The Morgan fingerprint density at radius 3 is 2.64 bits per heavy atom. The molecule has 0 radical (unpaired) electrons. The van der Waals surface area contributed by atoms with E-state index in [9.17, 15) is 4.79 Å². The highest BCUT2D eigenvalue weighted by Gasteiger charge is 2.18. The van der Waals surface area contributed by atoms with Crippen LogP contribution in [0.15, 0.2) is 54.7 Å². The van der Waals surface area contributed by atoms with Gasteiger partial charge in [0.15, 0.2) is 0 Å². The number of rotatable bonds is 5. The standard InChI is InChI=1S/C20H23N3O2/c1-23-13-11-18(12-14-23)25-20-10-8-17(15-21-20)22-19(24)9-7-16-5-3-2-4-6-16/h2-10,15,18H,11-14H2,1H3,(H,22,24)/b9-7+. The number of amides is 1. The SMILES string of the molecule is CN1CCC(Oc2ccc(NC(=O)/C=C/c3ccccc3)cn2)CC1. The van der Waals surface area contributed by atoms with Crippen molar-refractivity contribution in [1.29, 1.82) is 0 Å². The normalized spacial score (nSPS) is 16.0. The molecule has 130 valence electrons. The molecule has 0 saturated carbocycles. The first-order chi connectivity index (χ1) is 12.2. The zero-order valence-electron chi connectivity index (χ0n) is 14.4. The van der Waals surface area contributed by atoms with Gasteiger partial charge in [-0.2, -0.15) is 0 Å². The van der Waals surface area contributed by atoms with Crippen molar-refractivity contribution in [3.05, 3.63) is 60.3 Å². The number of pyridine rings is 1. The van der Waals surface area contributed by atoms with Crippen molar-refractivity contribution in [3.8, 4) is 5.88 Å². The molecule has 1 aromatic carbocycles. The Hall–Kier alpha value is -2.66. The minimum Gasteiger partial charge on any atom is -0.474 e. The number of piperidine rings is 1. The number of anilines is 1. The molecular weight excluding hydrogens is 314 g/mol. The lowest BCUT2D eigenvalue weighted by molar-refractivity contribution is -0.111. The number of nitrogens with one attached hydrogen (secondary N) is 1. The van der Waals surface area contributed by atoms with Crippen LogP contribution in [0.25, 0.3) is 6.08 Å². The van der Waals surface area contributed by atoms with Crippen LogP contribution in [0.1, 0.15) is 18.4 Å². The Bertz CT molecular complexity index is 705. The predicted octanol–water partition coefficient (Wildman–Crippen LogP) is 3.21. The number of carbonyl (C=O) groups is 1. The van der Waals surface area contributed by atoms with Gasteiger partial charge in [0.05, 0.1) is 11.9 Å². The van der Waals surface area contributed by atoms with Gasteiger partial charge in [-0.05, 0) is 37.6 Å². The number of nitrogens with zero attached hydrogens (tertiary/aromatic N) is 2. The van der Waals surface area contributed by atoms with Crippen molar-refractivity contribution >= 4 is 17.7 Å². The third-order valence-electron chi connectivity index (χ3n) is 4.18. The summed E-state index contributed by atoms with van der Waals surface area (Å²) in [5.74, 6) is 0.419. The van der Waals surface area contributed by atoms with E-state index in [1.165, 1.54) is 6.08 Å². The number of benzene rings is 1. The van der Waals surface area contributed by atoms with Crippen molar-refractivity contribution < 1.29 is 9.53 Å². The predicted molar refractivity (Wildman–Crippen MR) is 99.5 cm³/mol. The van der Waals surface area contributed by atoms with E-state index < -0.39 is 0 Å². The highest BCUT2D eigenvalue weighted by molar-refractivity contribution is 6.01. The molecule has 25 heavy (non-hydrogen) atoms. The number of hydrogen-bond donors (Lipinski definition) is 1. The van der Waals surface area contributed by atoms with Gasteiger partial charge in [-0.1, -0.05) is 30.3 Å². The van der Waals surface area contributed by atoms with Crippen LogP contribution in [0.3, 0.4) is 0 Å². The van der Waals surface area contributed by atoms with Gasteiger partial charge in [0.1, 0.15) is 6.10 Å². The van der Waals surface area contributed by atoms with E-state index in [-0.39, 0.29) is 12.0 Å². The Kier molecular flexibility index (Phi) is 5.80. The number of carbonyl (C=O) groups excluding carboxylic acids is 1. The molecule has 2 aromatic rings. The van der Waals surface area contributed by atoms with Gasteiger partial charge in [0.2, 0.25) is 11.8 Å². The van der Waals surface area contributed by atoms with Gasteiger partial charge in [-0.3, -0.25) is 4.79 Å². The molecule has 5 nitrogen and oxygen atoms in total. The summed E-state index contributed by atoms with van der Waals surface area (Å²) in [4.78, 5) is 18.5. The zero-order valence-corrected chi connectivity index (χ0v) is 14.4. The van der Waals surface area contributed by atoms with E-state index in [2.05, 4.69) is 22.2 Å². The summed E-state index contributed by atoms with van der Waals surface area (Å²) in [5.41, 5.74) is 1.64. The molecule has 5 heteroatoms. The van der Waals surface area contributed by atoms with Crippen LogP contribution in [0, 0.1) is 0 Å². The molecule has 1 aliphatic heterocycles. The maximum absolute atomic E-state index is 12.0. The Labute approximate surface area is 148 Å². The maximum atomic E-state index is 12.0. The van der Waals surface area contributed by atoms with Gasteiger partial charge in [-0.15, -0.1) is 0 Å². The van der Waals surface area contributed by atoms with E-state index >= 15 is 0 Å². The highest BCUT2D eigenvalue weighted by atomic mass is 16.5. The molecule has 1 saturated heterocycles. The monoisotopic (exact) mass is 337 g/mol. The molecule has 2 heterocycles. The lowest BCUT2D eigenvalue weighted by Gasteiger charge is -2.28. The quantitative estimate of drug-likeness (QED) is 0.851. The van der Waals surface area contributed by atoms with Gasteiger partial charge in [0, 0.05) is 25.2 Å². The zero-order chi connectivity index (χ0) is 17.5. The maximum Gasteiger partial charge on any atom is 0.248 e. The average molecular weight is 337 g/mol. The molecule has 1 aliphatic rings. The summed E-state index contributed by atoms with van der Waals surface area (Å²) >= 11 is 0. The molecular formula is C20H23N3O2. The molecule has 1 aromatic heterocycles. The lowest BCUT2D eigenvalue weighted by atomic mass is 10.1. The largest absolute Gasteiger partial charge is 0.474 e. The smallest absolute Gasteiger partial charge is 0.248 e. The Balaban J connectivity index is 1.50. The topological polar surface area (TPSA) is 54.5 Å². The fourth-order valence-electron chi connectivity index (χ4n) is 2.72. The minimum atomic E-state index is -0.186. The molecule has 0 bridgehead atoms. The molecule has 0 spiro atoms. The summed E-state index contributed by atoms with van der Waals surface area (Å²) in [6.07, 6.45) is 7.16. The number of hydrogen-bond acceptors (Lipinski definition) is 4. The second kappa shape index (κ2) is 8.44. The van der Waals surface area contributed by atoms with Gasteiger partial charge in [-0.25, -0.2) is 4.98 Å². The molecule has 1 N–H and O–H groups in total. The van der Waals surface area contributed by atoms with Crippen LogP contribution in [0.4, 0.5) is 5.69 Å². The van der Waals surface area contributed by atoms with E-state index in [0.29, 0.717) is 11.6 Å². The second-order valence-electron chi connectivity index (χ2n) is 6.24. The van der Waals surface area contributed by atoms with Crippen LogP contribution in [-0.2, 0) is 4.79 Å². The molecule has 3 rings (SSSR count). The second-order valence-corrected chi connectivity index (χ2v) is 6.24. The molecule has 0 aliphatic carbocycles. The van der Waals surface area contributed by atoms with E-state index in [4.69, 9.17) is 4.74 Å². The first-order valence-corrected chi connectivity index (χ1v) is 8.54. The van der Waals surface area contributed by atoms with Crippen LogP contribution >= 0.6 is 0 Å².